The highest BCUT2D eigenvalue weighted by Crippen LogP contribution is 2.51. The number of furan rings is 2. The first-order valence-corrected chi connectivity index (χ1v) is 12.3. The van der Waals surface area contributed by atoms with Gasteiger partial charge in [0.25, 0.3) is 0 Å². The minimum atomic E-state index is -0.968. The fourth-order valence-electron chi connectivity index (χ4n) is 5.25. The van der Waals surface area contributed by atoms with Crippen LogP contribution in [0.5, 0.6) is 0 Å². The van der Waals surface area contributed by atoms with E-state index in [-0.39, 0.29) is 5.39 Å². The van der Waals surface area contributed by atoms with Gasteiger partial charge in [-0.25, -0.2) is 0 Å². The maximum absolute atomic E-state index is 9.50. The van der Waals surface area contributed by atoms with Gasteiger partial charge in [0.1, 0.15) is 22.5 Å². The SMILES string of the molecule is [2H]c1c([2H])c([2H])c(-c2oc3c(c([2H])c([2H])c4oc5c([2H])c([2H])c([2H])c([2H])c5c43)c2-c2c3c([2H])c([2H])c([2H])c([2H])c3c(-c3c([2H])c([2H])c([2H])c([2H])c3[2H])c3c([2H])c([2H])c([2H])c([2H])c23)c([2H])c1[2H]. The molecular formula is C40H24O2. The van der Waals surface area contributed by atoms with Crippen LogP contribution in [-0.4, -0.2) is 0 Å². The predicted molar refractivity (Wildman–Crippen MR) is 175 cm³/mol. The van der Waals surface area contributed by atoms with Gasteiger partial charge < -0.3 is 8.83 Å². The highest BCUT2D eigenvalue weighted by atomic mass is 16.3. The van der Waals surface area contributed by atoms with Crippen molar-refractivity contribution in [3.63, 3.8) is 0 Å². The lowest BCUT2D eigenvalue weighted by atomic mass is 9.84. The van der Waals surface area contributed by atoms with Crippen LogP contribution in [0, 0.1) is 0 Å². The largest absolute Gasteiger partial charge is 0.456 e. The maximum atomic E-state index is 9.50. The van der Waals surface area contributed by atoms with E-state index in [4.69, 9.17) is 33.5 Å². The molecular weight excluding hydrogens is 512 g/mol. The zero-order chi connectivity index (χ0) is 48.5. The van der Waals surface area contributed by atoms with Crippen molar-refractivity contribution >= 4 is 54.5 Å². The molecule has 0 N–H and O–H groups in total. The van der Waals surface area contributed by atoms with Crippen LogP contribution in [0.4, 0.5) is 0 Å². The fourth-order valence-corrected chi connectivity index (χ4v) is 5.25. The number of hydrogen-bond donors (Lipinski definition) is 0. The van der Waals surface area contributed by atoms with Crippen molar-refractivity contribution in [2.45, 2.75) is 0 Å². The number of hydrogen-bond acceptors (Lipinski definition) is 2. The molecule has 0 fully saturated rings. The van der Waals surface area contributed by atoms with Crippen LogP contribution in [0.2, 0.25) is 0 Å². The van der Waals surface area contributed by atoms with E-state index in [1.54, 1.807) is 0 Å². The third kappa shape index (κ3) is 3.27. The summed E-state index contributed by atoms with van der Waals surface area (Å²) >= 11 is 0. The molecule has 42 heavy (non-hydrogen) atoms. The molecule has 0 saturated carbocycles. The average molecular weight is 561 g/mol. The van der Waals surface area contributed by atoms with Gasteiger partial charge in [0.2, 0.25) is 0 Å². The Morgan fingerprint density at radius 3 is 1.52 bits per heavy atom. The number of benzene rings is 7. The van der Waals surface area contributed by atoms with Gasteiger partial charge in [-0.05, 0) is 50.8 Å². The minimum Gasteiger partial charge on any atom is -0.456 e. The second kappa shape index (κ2) is 8.95. The summed E-state index contributed by atoms with van der Waals surface area (Å²) in [6.07, 6.45) is 0. The maximum Gasteiger partial charge on any atom is 0.147 e. The lowest BCUT2D eigenvalue weighted by Crippen LogP contribution is -1.91. The highest BCUT2D eigenvalue weighted by molar-refractivity contribution is 6.27. The molecule has 0 saturated heterocycles. The van der Waals surface area contributed by atoms with Crippen molar-refractivity contribution in [2.24, 2.45) is 0 Å². The standard InChI is InChI=1S/C40H24O2/c1-3-13-25(14-4-1)35-27-17-7-9-19-29(27)36(30-20-10-8-18-28(30)35)38-32-23-24-34-37(31-21-11-12-22-33(31)41-34)40(32)42-39(38)26-15-5-2-6-16-26/h1-24H/i1D,2D,3D,4D,5D,6D,7D,8D,9D,10D,11D,12D,13D,14D,15D,16D,17D,18D,19D,20D,21D,22D,23D,24D. The average Bonchev–Trinajstić information content (AvgIpc) is 3.88. The van der Waals surface area contributed by atoms with Gasteiger partial charge in [-0.2, -0.15) is 0 Å². The molecule has 0 unspecified atom stereocenters. The summed E-state index contributed by atoms with van der Waals surface area (Å²) in [5.41, 5.74) is -5.10. The summed E-state index contributed by atoms with van der Waals surface area (Å²) in [5, 5.41) is -4.12. The molecule has 9 aromatic rings. The van der Waals surface area contributed by atoms with E-state index in [9.17, 15) is 8.22 Å². The van der Waals surface area contributed by atoms with Gasteiger partial charge in [0.05, 0.1) is 38.3 Å². The van der Waals surface area contributed by atoms with E-state index >= 15 is 0 Å². The molecule has 0 aliphatic carbocycles. The van der Waals surface area contributed by atoms with Crippen LogP contribution >= 0.6 is 0 Å². The van der Waals surface area contributed by atoms with Crippen LogP contribution in [-0.2, 0) is 0 Å². The first-order chi connectivity index (χ1) is 30.8. The number of fused-ring (bicyclic) bond motifs is 7. The first-order valence-electron chi connectivity index (χ1n) is 24.3. The van der Waals surface area contributed by atoms with Crippen LogP contribution in [0.25, 0.3) is 88.0 Å². The normalized spacial score (nSPS) is 19.8. The molecule has 0 radical (unpaired) electrons. The Bertz CT molecular complexity index is 3670. The van der Waals surface area contributed by atoms with Gasteiger partial charge in [0, 0.05) is 27.5 Å². The second-order valence-electron chi connectivity index (χ2n) is 9.02. The molecule has 2 nitrogen and oxygen atoms in total. The zero-order valence-electron chi connectivity index (χ0n) is 44.8. The topological polar surface area (TPSA) is 26.3 Å². The Morgan fingerprint density at radius 1 is 0.357 bits per heavy atom. The Balaban J connectivity index is 1.72. The van der Waals surface area contributed by atoms with Crippen LogP contribution in [0.15, 0.2) is 154 Å². The molecule has 9 rings (SSSR count). The van der Waals surface area contributed by atoms with Crippen molar-refractivity contribution in [3.05, 3.63) is 145 Å². The lowest BCUT2D eigenvalue weighted by Gasteiger charge is -2.18. The van der Waals surface area contributed by atoms with Crippen molar-refractivity contribution in [3.8, 4) is 33.6 Å². The number of para-hydroxylation sites is 1. The summed E-state index contributed by atoms with van der Waals surface area (Å²) in [6, 6.07) is -21.4. The Labute approximate surface area is 275 Å². The summed E-state index contributed by atoms with van der Waals surface area (Å²) < 4.78 is 225. The third-order valence-corrected chi connectivity index (χ3v) is 6.87. The monoisotopic (exact) mass is 560 g/mol. The molecule has 2 heteroatoms. The van der Waals surface area contributed by atoms with Gasteiger partial charge >= 0.3 is 0 Å². The molecule has 0 atom stereocenters. The van der Waals surface area contributed by atoms with E-state index in [0.717, 1.165) is 0 Å². The Kier molecular flexibility index (Phi) is 2.08. The number of rotatable bonds is 3. The first kappa shape index (κ1) is 9.75. The van der Waals surface area contributed by atoms with E-state index in [1.807, 2.05) is 0 Å². The predicted octanol–water partition coefficient (Wildman–Crippen LogP) is 11.6. The summed E-state index contributed by atoms with van der Waals surface area (Å²) in [7, 11) is 0. The minimum absolute atomic E-state index is 0.388. The Hall–Kier alpha value is -5.60. The van der Waals surface area contributed by atoms with Gasteiger partial charge in [-0.1, -0.05) is 127 Å². The van der Waals surface area contributed by atoms with Crippen molar-refractivity contribution < 1.29 is 41.7 Å². The molecule has 0 amide bonds. The lowest BCUT2D eigenvalue weighted by molar-refractivity contribution is 0.634. The van der Waals surface area contributed by atoms with Crippen LogP contribution in [0.3, 0.4) is 0 Å². The summed E-state index contributed by atoms with van der Waals surface area (Å²) in [5.74, 6) is -0.796. The van der Waals surface area contributed by atoms with Crippen LogP contribution < -0.4 is 0 Å². The molecule has 0 aliphatic heterocycles. The van der Waals surface area contributed by atoms with E-state index in [0.29, 0.717) is 0 Å². The van der Waals surface area contributed by atoms with Gasteiger partial charge in [0.15, 0.2) is 0 Å². The molecule has 0 spiro atoms. The van der Waals surface area contributed by atoms with Gasteiger partial charge in [-0.15, -0.1) is 0 Å². The Morgan fingerprint density at radius 2 is 0.881 bits per heavy atom. The quantitative estimate of drug-likeness (QED) is 0.201. The molecule has 2 heterocycles. The second-order valence-corrected chi connectivity index (χ2v) is 9.02. The van der Waals surface area contributed by atoms with E-state index < -0.39 is 228 Å². The van der Waals surface area contributed by atoms with Gasteiger partial charge in [-0.3, -0.25) is 0 Å². The molecule has 2 aromatic heterocycles. The molecule has 0 bridgehead atoms. The smallest absolute Gasteiger partial charge is 0.147 e. The molecule has 7 aromatic carbocycles. The van der Waals surface area contributed by atoms with Crippen LogP contribution in [0.1, 0.15) is 32.9 Å². The molecule has 196 valence electrons. The fraction of sp³-hybridized carbons (Fsp3) is 0. The van der Waals surface area contributed by atoms with Crippen molar-refractivity contribution in [2.75, 3.05) is 0 Å². The third-order valence-electron chi connectivity index (χ3n) is 6.87. The zero-order valence-corrected chi connectivity index (χ0v) is 20.8. The van der Waals surface area contributed by atoms with Crippen molar-refractivity contribution in [1.82, 2.24) is 0 Å². The highest BCUT2D eigenvalue weighted by Gasteiger charge is 2.26. The van der Waals surface area contributed by atoms with E-state index in [1.165, 1.54) is 0 Å². The van der Waals surface area contributed by atoms with Crippen molar-refractivity contribution in [1.29, 1.82) is 0 Å². The van der Waals surface area contributed by atoms with E-state index in [2.05, 4.69) is 0 Å². The summed E-state index contributed by atoms with van der Waals surface area (Å²) in [4.78, 5) is 0. The molecule has 0 aliphatic rings. The summed E-state index contributed by atoms with van der Waals surface area (Å²) in [6.45, 7) is 0.